The van der Waals surface area contributed by atoms with Crippen LogP contribution >= 0.6 is 0 Å². The topological polar surface area (TPSA) is 44.2 Å². The number of nitrogens with zero attached hydrogens (tertiary/aromatic N) is 2. The lowest BCUT2D eigenvalue weighted by Gasteiger charge is -2.25. The minimum atomic E-state index is -0.131. The molecule has 4 heteroatoms. The van der Waals surface area contributed by atoms with Crippen LogP contribution < -0.4 is 9.47 Å². The van der Waals surface area contributed by atoms with Gasteiger partial charge >= 0.3 is 0 Å². The number of hydrogen-bond donors (Lipinski definition) is 0. The summed E-state index contributed by atoms with van der Waals surface area (Å²) in [6.07, 6.45) is 0. The molecule has 4 nitrogen and oxygen atoms in total. The fraction of sp³-hybridized carbons (Fsp3) is 0.0698. The van der Waals surface area contributed by atoms with Crippen molar-refractivity contribution in [2.75, 3.05) is 0 Å². The molecule has 1 aromatic heterocycles. The van der Waals surface area contributed by atoms with Gasteiger partial charge in [-0.1, -0.05) is 129 Å². The SMILES string of the molecule is CC1(C)c2ccccc2-c2c1ccc1c2Oc2cc(-c3cc(-c4ccccc4)nc(-c4ccccc4-c4ccccc4)n3)ccc2O1. The van der Waals surface area contributed by atoms with Crippen LogP contribution in [0, 0.1) is 0 Å². The van der Waals surface area contributed by atoms with Crippen LogP contribution in [0.3, 0.4) is 0 Å². The quantitative estimate of drug-likeness (QED) is 0.200. The molecule has 9 rings (SSSR count). The average Bonchev–Trinajstić information content (AvgIpc) is 3.37. The predicted octanol–water partition coefficient (Wildman–Crippen LogP) is 11.3. The zero-order valence-corrected chi connectivity index (χ0v) is 26.1. The molecule has 0 saturated heterocycles. The number of benzene rings is 6. The van der Waals surface area contributed by atoms with Crippen molar-refractivity contribution in [3.63, 3.8) is 0 Å². The van der Waals surface area contributed by atoms with Gasteiger partial charge in [-0.15, -0.1) is 0 Å². The second kappa shape index (κ2) is 10.5. The van der Waals surface area contributed by atoms with Gasteiger partial charge in [0.25, 0.3) is 0 Å². The van der Waals surface area contributed by atoms with Crippen LogP contribution in [0.4, 0.5) is 0 Å². The van der Waals surface area contributed by atoms with Crippen molar-refractivity contribution in [2.45, 2.75) is 19.3 Å². The third kappa shape index (κ3) is 4.44. The highest BCUT2D eigenvalue weighted by Crippen LogP contribution is 2.58. The lowest BCUT2D eigenvalue weighted by molar-refractivity contribution is 0.360. The summed E-state index contributed by atoms with van der Waals surface area (Å²) in [4.78, 5) is 10.3. The van der Waals surface area contributed by atoms with E-state index in [1.807, 2.05) is 54.6 Å². The summed E-state index contributed by atoms with van der Waals surface area (Å²) in [6, 6.07) is 49.9. The van der Waals surface area contributed by atoms with Gasteiger partial charge in [-0.25, -0.2) is 9.97 Å². The smallest absolute Gasteiger partial charge is 0.178 e. The van der Waals surface area contributed by atoms with E-state index in [1.54, 1.807) is 0 Å². The van der Waals surface area contributed by atoms with Crippen LogP contribution in [0.25, 0.3) is 56.2 Å². The van der Waals surface area contributed by atoms with Crippen LogP contribution in [-0.4, -0.2) is 9.97 Å². The van der Waals surface area contributed by atoms with E-state index in [4.69, 9.17) is 19.4 Å². The maximum atomic E-state index is 6.77. The molecule has 0 saturated carbocycles. The van der Waals surface area contributed by atoms with Gasteiger partial charge in [-0.3, -0.25) is 0 Å². The molecule has 0 radical (unpaired) electrons. The summed E-state index contributed by atoms with van der Waals surface area (Å²) in [5.74, 6) is 3.49. The number of fused-ring (bicyclic) bond motifs is 6. The highest BCUT2D eigenvalue weighted by molar-refractivity contribution is 5.88. The first kappa shape index (κ1) is 27.3. The fourth-order valence-electron chi connectivity index (χ4n) is 7.00. The van der Waals surface area contributed by atoms with Crippen LogP contribution in [0.2, 0.25) is 0 Å². The highest BCUT2D eigenvalue weighted by Gasteiger charge is 2.39. The Morgan fingerprint density at radius 3 is 1.83 bits per heavy atom. The third-order valence-electron chi connectivity index (χ3n) is 9.38. The van der Waals surface area contributed by atoms with E-state index in [9.17, 15) is 0 Å². The van der Waals surface area contributed by atoms with Crippen molar-refractivity contribution >= 4 is 0 Å². The number of rotatable bonds is 4. The average molecular weight is 607 g/mol. The Morgan fingerprint density at radius 2 is 1.06 bits per heavy atom. The zero-order valence-electron chi connectivity index (χ0n) is 26.1. The molecule has 7 aromatic rings. The maximum absolute atomic E-state index is 6.77. The first-order valence-corrected chi connectivity index (χ1v) is 15.9. The zero-order chi connectivity index (χ0) is 31.5. The lowest BCUT2D eigenvalue weighted by Crippen LogP contribution is -2.15. The lowest BCUT2D eigenvalue weighted by atomic mass is 9.82. The van der Waals surface area contributed by atoms with E-state index >= 15 is 0 Å². The number of ether oxygens (including phenoxy) is 2. The second-order valence-electron chi connectivity index (χ2n) is 12.6. The standard InChI is InChI=1S/C43H30N2O2/c1-43(2)33-20-12-11-19-32(33)40-34(43)22-24-38-41(40)47-39-25-29(21-23-37(39)46-38)36-26-35(28-15-7-4-8-16-28)44-42(45-36)31-18-10-9-17-30(31)27-13-5-3-6-14-27/h3-26H,1-2H3. The first-order valence-electron chi connectivity index (χ1n) is 15.9. The maximum Gasteiger partial charge on any atom is 0.178 e. The Labute approximate surface area is 274 Å². The summed E-state index contributed by atoms with van der Waals surface area (Å²) < 4.78 is 13.2. The van der Waals surface area contributed by atoms with Crippen molar-refractivity contribution in [3.8, 4) is 79.2 Å². The molecule has 0 bridgehead atoms. The molecule has 0 atom stereocenters. The van der Waals surface area contributed by atoms with Gasteiger partial charge in [-0.2, -0.15) is 0 Å². The third-order valence-corrected chi connectivity index (χ3v) is 9.38. The molecule has 2 heterocycles. The van der Waals surface area contributed by atoms with Crippen molar-refractivity contribution < 1.29 is 9.47 Å². The Kier molecular flexibility index (Phi) is 6.12. The van der Waals surface area contributed by atoms with Crippen LogP contribution in [0.5, 0.6) is 23.0 Å². The normalized spacial score (nSPS) is 13.4. The molecule has 0 N–H and O–H groups in total. The van der Waals surface area contributed by atoms with E-state index in [0.717, 1.165) is 56.3 Å². The molecule has 1 aliphatic carbocycles. The summed E-state index contributed by atoms with van der Waals surface area (Å²) in [6.45, 7) is 4.54. The monoisotopic (exact) mass is 606 g/mol. The molecule has 1 aliphatic heterocycles. The summed E-state index contributed by atoms with van der Waals surface area (Å²) in [5, 5.41) is 0. The van der Waals surface area contributed by atoms with Crippen molar-refractivity contribution in [3.05, 3.63) is 157 Å². The second-order valence-corrected chi connectivity index (χ2v) is 12.6. The highest BCUT2D eigenvalue weighted by atomic mass is 16.6. The molecule has 0 unspecified atom stereocenters. The van der Waals surface area contributed by atoms with Crippen LogP contribution in [0.15, 0.2) is 146 Å². The minimum absolute atomic E-state index is 0.131. The molecular weight excluding hydrogens is 576 g/mol. The van der Waals surface area contributed by atoms with Crippen LogP contribution in [0.1, 0.15) is 25.0 Å². The van der Waals surface area contributed by atoms with E-state index < -0.39 is 0 Å². The van der Waals surface area contributed by atoms with Gasteiger partial charge in [0.15, 0.2) is 28.8 Å². The van der Waals surface area contributed by atoms with Crippen molar-refractivity contribution in [1.29, 1.82) is 0 Å². The summed E-state index contributed by atoms with van der Waals surface area (Å²) in [7, 11) is 0. The van der Waals surface area contributed by atoms with E-state index in [0.29, 0.717) is 17.3 Å². The van der Waals surface area contributed by atoms with Gasteiger partial charge in [-0.05, 0) is 58.1 Å². The Bertz CT molecular complexity index is 2330. The number of hydrogen-bond acceptors (Lipinski definition) is 4. The van der Waals surface area contributed by atoms with Gasteiger partial charge in [0.1, 0.15) is 0 Å². The molecule has 0 amide bonds. The molecule has 0 spiro atoms. The largest absolute Gasteiger partial charge is 0.449 e. The fourth-order valence-corrected chi connectivity index (χ4v) is 7.00. The van der Waals surface area contributed by atoms with Gasteiger partial charge in [0.2, 0.25) is 0 Å². The molecule has 2 aliphatic rings. The predicted molar refractivity (Wildman–Crippen MR) is 188 cm³/mol. The Morgan fingerprint density at radius 1 is 0.447 bits per heavy atom. The van der Waals surface area contributed by atoms with Gasteiger partial charge in [0.05, 0.1) is 11.4 Å². The first-order chi connectivity index (χ1) is 23.0. The molecule has 47 heavy (non-hydrogen) atoms. The molecule has 224 valence electrons. The number of aromatic nitrogens is 2. The van der Waals surface area contributed by atoms with E-state index in [1.165, 1.54) is 16.7 Å². The van der Waals surface area contributed by atoms with Crippen LogP contribution in [-0.2, 0) is 5.41 Å². The van der Waals surface area contributed by atoms with E-state index in [2.05, 4.69) is 105 Å². The van der Waals surface area contributed by atoms with Gasteiger partial charge in [0, 0.05) is 27.7 Å². The molecule has 6 aromatic carbocycles. The summed E-state index contributed by atoms with van der Waals surface area (Å²) >= 11 is 0. The summed E-state index contributed by atoms with van der Waals surface area (Å²) in [5.41, 5.74) is 11.5. The molecule has 0 fully saturated rings. The Hall–Kier alpha value is -6.00. The van der Waals surface area contributed by atoms with Gasteiger partial charge < -0.3 is 9.47 Å². The molecular formula is C43H30N2O2. The van der Waals surface area contributed by atoms with Crippen molar-refractivity contribution in [1.82, 2.24) is 9.97 Å². The van der Waals surface area contributed by atoms with Crippen molar-refractivity contribution in [2.24, 2.45) is 0 Å². The minimum Gasteiger partial charge on any atom is -0.449 e. The Balaban J connectivity index is 1.18. The van der Waals surface area contributed by atoms with E-state index in [-0.39, 0.29) is 5.41 Å².